The minimum atomic E-state index is -0.534. The molecule has 2 rings (SSSR count). The summed E-state index contributed by atoms with van der Waals surface area (Å²) < 4.78 is 5.38. The Hall–Kier alpha value is -0.650. The van der Waals surface area contributed by atoms with Crippen LogP contribution >= 0.6 is 0 Å². The zero-order valence-electron chi connectivity index (χ0n) is 11.7. The zero-order valence-corrected chi connectivity index (χ0v) is 11.7. The summed E-state index contributed by atoms with van der Waals surface area (Å²) in [5, 5.41) is 0. The molecule has 0 saturated carbocycles. The molecule has 0 bridgehead atoms. The van der Waals surface area contributed by atoms with Crippen molar-refractivity contribution in [1.29, 1.82) is 0 Å². The Morgan fingerprint density at radius 3 is 2.78 bits per heavy atom. The predicted molar refractivity (Wildman–Crippen MR) is 70.2 cm³/mol. The van der Waals surface area contributed by atoms with Crippen LogP contribution in [0.1, 0.15) is 19.8 Å². The zero-order chi connectivity index (χ0) is 13.3. The van der Waals surface area contributed by atoms with Crippen LogP contribution in [0.3, 0.4) is 0 Å². The van der Waals surface area contributed by atoms with Crippen LogP contribution in [0.25, 0.3) is 0 Å². The summed E-state index contributed by atoms with van der Waals surface area (Å²) in [6.07, 6.45) is 2.23. The molecule has 2 heterocycles. The molecule has 2 fully saturated rings. The van der Waals surface area contributed by atoms with Crippen LogP contribution in [0.4, 0.5) is 0 Å². The number of likely N-dealkylation sites (tertiary alicyclic amines) is 1. The number of carbonyl (C=O) groups excluding carboxylic acids is 1. The summed E-state index contributed by atoms with van der Waals surface area (Å²) in [6, 6.07) is 0.287. The molecule has 0 spiro atoms. The second kappa shape index (κ2) is 5.15. The summed E-state index contributed by atoms with van der Waals surface area (Å²) in [7, 11) is 4.15. The summed E-state index contributed by atoms with van der Waals surface area (Å²) in [5.41, 5.74) is 5.50. The van der Waals surface area contributed by atoms with Crippen molar-refractivity contribution in [2.45, 2.75) is 31.8 Å². The minimum Gasteiger partial charge on any atom is -0.379 e. The third-order valence-corrected chi connectivity index (χ3v) is 4.42. The lowest BCUT2D eigenvalue weighted by Gasteiger charge is -2.40. The Balaban J connectivity index is 2.04. The smallest absolute Gasteiger partial charge is 0.232 e. The van der Waals surface area contributed by atoms with Gasteiger partial charge in [-0.25, -0.2) is 0 Å². The molecule has 2 aliphatic heterocycles. The van der Waals surface area contributed by atoms with Gasteiger partial charge in [0.2, 0.25) is 5.91 Å². The maximum Gasteiger partial charge on any atom is 0.232 e. The SMILES string of the molecule is CN(C)C1CCCN(C(=O)C2(C)COCC2N)C1. The quantitative estimate of drug-likeness (QED) is 0.749. The van der Waals surface area contributed by atoms with E-state index in [2.05, 4.69) is 19.0 Å². The highest BCUT2D eigenvalue weighted by Gasteiger charge is 2.47. The lowest BCUT2D eigenvalue weighted by Crippen LogP contribution is -2.56. The second-order valence-electron chi connectivity index (χ2n) is 6.05. The fourth-order valence-electron chi connectivity index (χ4n) is 2.83. The van der Waals surface area contributed by atoms with E-state index in [-0.39, 0.29) is 11.9 Å². The van der Waals surface area contributed by atoms with Crippen LogP contribution < -0.4 is 5.73 Å². The topological polar surface area (TPSA) is 58.8 Å². The summed E-state index contributed by atoms with van der Waals surface area (Å²) in [5.74, 6) is 0.166. The van der Waals surface area contributed by atoms with Gasteiger partial charge in [0.05, 0.1) is 18.6 Å². The number of hydrogen-bond acceptors (Lipinski definition) is 4. The van der Waals surface area contributed by atoms with Crippen molar-refractivity contribution in [3.63, 3.8) is 0 Å². The summed E-state index contributed by atoms with van der Waals surface area (Å²) in [4.78, 5) is 16.8. The highest BCUT2D eigenvalue weighted by molar-refractivity contribution is 5.83. The lowest BCUT2D eigenvalue weighted by atomic mass is 9.83. The Kier molecular flexibility index (Phi) is 3.94. The van der Waals surface area contributed by atoms with Gasteiger partial charge >= 0.3 is 0 Å². The molecule has 1 amide bonds. The number of hydrogen-bond donors (Lipinski definition) is 1. The number of carbonyl (C=O) groups is 1. The van der Waals surface area contributed by atoms with Crippen LogP contribution in [0, 0.1) is 5.41 Å². The van der Waals surface area contributed by atoms with Gasteiger partial charge < -0.3 is 20.3 Å². The molecule has 2 saturated heterocycles. The first-order chi connectivity index (χ1) is 8.45. The minimum absolute atomic E-state index is 0.166. The predicted octanol–water partition coefficient (Wildman–Crippen LogP) is -0.0972. The van der Waals surface area contributed by atoms with Crippen molar-refractivity contribution < 1.29 is 9.53 Å². The van der Waals surface area contributed by atoms with Gasteiger partial charge in [-0.3, -0.25) is 4.79 Å². The molecule has 0 aliphatic carbocycles. The van der Waals surface area contributed by atoms with E-state index in [9.17, 15) is 4.79 Å². The molecular formula is C13H25N3O2. The Morgan fingerprint density at radius 1 is 1.50 bits per heavy atom. The molecule has 5 nitrogen and oxygen atoms in total. The molecule has 18 heavy (non-hydrogen) atoms. The normalized spacial score (nSPS) is 37.3. The Bertz CT molecular complexity index is 321. The van der Waals surface area contributed by atoms with Gasteiger partial charge in [0.25, 0.3) is 0 Å². The van der Waals surface area contributed by atoms with E-state index in [0.29, 0.717) is 19.3 Å². The first-order valence-electron chi connectivity index (χ1n) is 6.74. The first kappa shape index (κ1) is 13.8. The van der Waals surface area contributed by atoms with E-state index in [4.69, 9.17) is 10.5 Å². The average Bonchev–Trinajstić information content (AvgIpc) is 2.70. The molecule has 104 valence electrons. The van der Waals surface area contributed by atoms with Gasteiger partial charge in [0.15, 0.2) is 0 Å². The third-order valence-electron chi connectivity index (χ3n) is 4.42. The molecular weight excluding hydrogens is 230 g/mol. The van der Waals surface area contributed by atoms with Crippen LogP contribution in [-0.4, -0.2) is 68.2 Å². The van der Waals surface area contributed by atoms with Gasteiger partial charge in [0.1, 0.15) is 0 Å². The van der Waals surface area contributed by atoms with E-state index in [0.717, 1.165) is 25.9 Å². The number of likely N-dealkylation sites (N-methyl/N-ethyl adjacent to an activating group) is 1. The monoisotopic (exact) mass is 255 g/mol. The van der Waals surface area contributed by atoms with Gasteiger partial charge in [0, 0.05) is 25.2 Å². The van der Waals surface area contributed by atoms with Crippen LogP contribution in [0.5, 0.6) is 0 Å². The molecule has 3 atom stereocenters. The molecule has 0 radical (unpaired) electrons. The molecule has 0 aromatic carbocycles. The standard InChI is InChI=1S/C13H25N3O2/c1-13(9-18-8-11(13)14)12(17)16-6-4-5-10(7-16)15(2)3/h10-11H,4-9,14H2,1-3H3. The average molecular weight is 255 g/mol. The second-order valence-corrected chi connectivity index (χ2v) is 6.05. The number of ether oxygens (including phenoxy) is 1. The third kappa shape index (κ3) is 2.39. The first-order valence-corrected chi connectivity index (χ1v) is 6.74. The van der Waals surface area contributed by atoms with Crippen molar-refractivity contribution in [3.8, 4) is 0 Å². The highest BCUT2D eigenvalue weighted by Crippen LogP contribution is 2.30. The molecule has 3 unspecified atom stereocenters. The van der Waals surface area contributed by atoms with Crippen molar-refractivity contribution in [1.82, 2.24) is 9.80 Å². The number of nitrogens with zero attached hydrogens (tertiary/aromatic N) is 2. The Labute approximate surface area is 109 Å². The molecule has 2 aliphatic rings. The number of piperidine rings is 1. The van der Waals surface area contributed by atoms with Crippen LogP contribution in [-0.2, 0) is 9.53 Å². The fraction of sp³-hybridized carbons (Fsp3) is 0.923. The van der Waals surface area contributed by atoms with E-state index < -0.39 is 5.41 Å². The summed E-state index contributed by atoms with van der Waals surface area (Å²) in [6.45, 7) is 4.55. The van der Waals surface area contributed by atoms with Crippen molar-refractivity contribution in [3.05, 3.63) is 0 Å². The van der Waals surface area contributed by atoms with Gasteiger partial charge in [-0.15, -0.1) is 0 Å². The largest absolute Gasteiger partial charge is 0.379 e. The van der Waals surface area contributed by atoms with E-state index >= 15 is 0 Å². The van der Waals surface area contributed by atoms with E-state index in [1.54, 1.807) is 0 Å². The van der Waals surface area contributed by atoms with Crippen molar-refractivity contribution in [2.24, 2.45) is 11.1 Å². The van der Waals surface area contributed by atoms with Crippen molar-refractivity contribution in [2.75, 3.05) is 40.4 Å². The Morgan fingerprint density at radius 2 is 2.22 bits per heavy atom. The summed E-state index contributed by atoms with van der Waals surface area (Å²) >= 11 is 0. The van der Waals surface area contributed by atoms with Crippen LogP contribution in [0.2, 0.25) is 0 Å². The fourth-order valence-corrected chi connectivity index (χ4v) is 2.83. The maximum atomic E-state index is 12.6. The number of nitrogens with two attached hydrogens (primary N) is 1. The van der Waals surface area contributed by atoms with Gasteiger partial charge in [-0.05, 0) is 33.9 Å². The number of rotatable bonds is 2. The number of amides is 1. The van der Waals surface area contributed by atoms with Crippen molar-refractivity contribution >= 4 is 5.91 Å². The van der Waals surface area contributed by atoms with E-state index in [1.165, 1.54) is 0 Å². The maximum absolute atomic E-state index is 12.6. The molecule has 0 aromatic heterocycles. The van der Waals surface area contributed by atoms with Crippen LogP contribution in [0.15, 0.2) is 0 Å². The molecule has 5 heteroatoms. The molecule has 0 aromatic rings. The molecule has 2 N–H and O–H groups in total. The van der Waals surface area contributed by atoms with Gasteiger partial charge in [-0.2, -0.15) is 0 Å². The lowest BCUT2D eigenvalue weighted by molar-refractivity contribution is -0.143. The van der Waals surface area contributed by atoms with Gasteiger partial charge in [-0.1, -0.05) is 0 Å². The highest BCUT2D eigenvalue weighted by atomic mass is 16.5. The van der Waals surface area contributed by atoms with E-state index in [1.807, 2.05) is 11.8 Å².